The highest BCUT2D eigenvalue weighted by atomic mass is 16.5. The summed E-state index contributed by atoms with van der Waals surface area (Å²) in [5.41, 5.74) is 0.372. The molecule has 7 atom stereocenters. The molecule has 0 aromatic rings. The molecule has 0 N–H and O–H groups in total. The number of carbonyl (C=O) groups is 2. The first-order valence-corrected chi connectivity index (χ1v) is 12.1. The van der Waals surface area contributed by atoms with Gasteiger partial charge in [0.25, 0.3) is 0 Å². The molecule has 0 saturated heterocycles. The van der Waals surface area contributed by atoms with Crippen LogP contribution in [0.15, 0.2) is 0 Å². The van der Waals surface area contributed by atoms with Crippen molar-refractivity contribution in [3.63, 3.8) is 0 Å². The van der Waals surface area contributed by atoms with Crippen LogP contribution in [0, 0.1) is 34.5 Å². The van der Waals surface area contributed by atoms with Crippen molar-refractivity contribution in [3.05, 3.63) is 0 Å². The summed E-state index contributed by atoms with van der Waals surface area (Å²) in [7, 11) is 0. The average molecular weight is 389 g/mol. The van der Waals surface area contributed by atoms with E-state index in [4.69, 9.17) is 4.74 Å². The lowest BCUT2D eigenvalue weighted by Gasteiger charge is -2.60. The van der Waals surface area contributed by atoms with E-state index in [-0.39, 0.29) is 17.5 Å². The molecule has 0 amide bonds. The SMILES string of the molecule is CCCCCC(=O)O[C@H]1CC[C@@]2(C)[C@@H](CC[C@@H]3[C@@H]2CC[C@]2(C)C(=O)CC[C@@H]32)C1. The van der Waals surface area contributed by atoms with Gasteiger partial charge in [-0.1, -0.05) is 33.6 Å². The molecule has 158 valence electrons. The fraction of sp³-hybridized carbons (Fsp3) is 0.920. The van der Waals surface area contributed by atoms with Gasteiger partial charge in [-0.3, -0.25) is 9.59 Å². The van der Waals surface area contributed by atoms with Crippen molar-refractivity contribution in [3.8, 4) is 0 Å². The molecule has 3 nitrogen and oxygen atoms in total. The van der Waals surface area contributed by atoms with E-state index in [1.807, 2.05) is 0 Å². The highest BCUT2D eigenvalue weighted by Gasteiger charge is 2.60. The average Bonchev–Trinajstić information content (AvgIpc) is 2.97. The van der Waals surface area contributed by atoms with Gasteiger partial charge < -0.3 is 4.74 Å². The number of rotatable bonds is 5. The Bertz CT molecular complexity index is 613. The number of hydrogen-bond acceptors (Lipinski definition) is 3. The molecule has 0 aromatic heterocycles. The highest BCUT2D eigenvalue weighted by molar-refractivity contribution is 5.87. The van der Waals surface area contributed by atoms with E-state index in [0.717, 1.165) is 63.2 Å². The lowest BCUT2D eigenvalue weighted by Crippen LogP contribution is -2.54. The van der Waals surface area contributed by atoms with Crippen LogP contribution < -0.4 is 0 Å². The molecule has 0 bridgehead atoms. The number of ketones is 1. The maximum absolute atomic E-state index is 12.6. The molecule has 4 rings (SSSR count). The van der Waals surface area contributed by atoms with Gasteiger partial charge in [-0.2, -0.15) is 0 Å². The molecule has 0 heterocycles. The van der Waals surface area contributed by atoms with Gasteiger partial charge in [0.2, 0.25) is 0 Å². The van der Waals surface area contributed by atoms with Gasteiger partial charge in [-0.25, -0.2) is 0 Å². The Morgan fingerprint density at radius 1 is 1.04 bits per heavy atom. The second-order valence-corrected chi connectivity index (χ2v) is 10.9. The van der Waals surface area contributed by atoms with Gasteiger partial charge >= 0.3 is 5.97 Å². The summed E-state index contributed by atoms with van der Waals surface area (Å²) < 4.78 is 5.88. The van der Waals surface area contributed by atoms with Gasteiger partial charge in [0.1, 0.15) is 11.9 Å². The Balaban J connectivity index is 1.39. The minimum Gasteiger partial charge on any atom is -0.462 e. The summed E-state index contributed by atoms with van der Waals surface area (Å²) in [6, 6.07) is 0. The van der Waals surface area contributed by atoms with Crippen LogP contribution in [0.4, 0.5) is 0 Å². The summed E-state index contributed by atoms with van der Waals surface area (Å²) in [5.74, 6) is 3.41. The van der Waals surface area contributed by atoms with E-state index in [1.54, 1.807) is 0 Å². The largest absolute Gasteiger partial charge is 0.462 e. The summed E-state index contributed by atoms with van der Waals surface area (Å²) in [6.07, 6.45) is 14.1. The van der Waals surface area contributed by atoms with Gasteiger partial charge in [-0.15, -0.1) is 0 Å². The summed E-state index contributed by atoms with van der Waals surface area (Å²) >= 11 is 0. The molecule has 0 aliphatic heterocycles. The Kier molecular flexibility index (Phi) is 5.66. The Hall–Kier alpha value is -0.860. The van der Waals surface area contributed by atoms with Crippen molar-refractivity contribution in [2.45, 2.75) is 110 Å². The predicted molar refractivity (Wildman–Crippen MR) is 111 cm³/mol. The van der Waals surface area contributed by atoms with E-state index in [0.29, 0.717) is 29.5 Å². The number of ether oxygens (including phenoxy) is 1. The third-order valence-electron chi connectivity index (χ3n) is 9.61. The van der Waals surface area contributed by atoms with Crippen LogP contribution in [-0.4, -0.2) is 17.9 Å². The summed E-state index contributed by atoms with van der Waals surface area (Å²) in [6.45, 7) is 6.97. The zero-order valence-electron chi connectivity index (χ0n) is 18.3. The standard InChI is InChI=1S/C25H40O3/c1-4-5-6-7-23(27)28-18-12-14-24(2)17(16-18)8-9-19-20-10-11-22(26)25(20,3)15-13-21(19)24/h17-21H,4-16H2,1-3H3/t17-,18-,19-,20-,21-,24-,25-/m0/s1. The lowest BCUT2D eigenvalue weighted by molar-refractivity contribution is -0.162. The molecule has 0 aromatic carbocycles. The van der Waals surface area contributed by atoms with Crippen LogP contribution in [0.5, 0.6) is 0 Å². The van der Waals surface area contributed by atoms with Crippen molar-refractivity contribution in [1.29, 1.82) is 0 Å². The third-order valence-corrected chi connectivity index (χ3v) is 9.61. The monoisotopic (exact) mass is 388 g/mol. The molecule has 0 radical (unpaired) electrons. The Morgan fingerprint density at radius 3 is 2.64 bits per heavy atom. The first kappa shape index (κ1) is 20.4. The molecule has 4 aliphatic rings. The smallest absolute Gasteiger partial charge is 0.306 e. The molecule has 3 heteroatoms. The fourth-order valence-electron chi connectivity index (χ4n) is 7.86. The van der Waals surface area contributed by atoms with Crippen molar-refractivity contribution >= 4 is 11.8 Å². The number of fused-ring (bicyclic) bond motifs is 5. The summed E-state index contributed by atoms with van der Waals surface area (Å²) in [4.78, 5) is 24.7. The van der Waals surface area contributed by atoms with Crippen LogP contribution in [0.2, 0.25) is 0 Å². The molecule has 4 fully saturated rings. The molecule has 4 saturated carbocycles. The topological polar surface area (TPSA) is 43.4 Å². The van der Waals surface area contributed by atoms with Crippen LogP contribution >= 0.6 is 0 Å². The Morgan fingerprint density at radius 2 is 1.86 bits per heavy atom. The van der Waals surface area contributed by atoms with Crippen LogP contribution in [0.3, 0.4) is 0 Å². The minimum atomic E-state index is -0.0183. The third kappa shape index (κ3) is 3.35. The van der Waals surface area contributed by atoms with Crippen molar-refractivity contribution in [1.82, 2.24) is 0 Å². The van der Waals surface area contributed by atoms with Gasteiger partial charge in [0.05, 0.1) is 0 Å². The number of unbranched alkanes of at least 4 members (excludes halogenated alkanes) is 2. The predicted octanol–water partition coefficient (Wildman–Crippen LogP) is 6.09. The van der Waals surface area contributed by atoms with E-state index in [1.165, 1.54) is 25.7 Å². The van der Waals surface area contributed by atoms with E-state index in [2.05, 4.69) is 20.8 Å². The van der Waals surface area contributed by atoms with Crippen molar-refractivity contribution in [2.24, 2.45) is 34.5 Å². The van der Waals surface area contributed by atoms with Crippen LogP contribution in [0.25, 0.3) is 0 Å². The first-order valence-electron chi connectivity index (χ1n) is 12.1. The van der Waals surface area contributed by atoms with Gasteiger partial charge in [0, 0.05) is 18.3 Å². The maximum Gasteiger partial charge on any atom is 0.306 e. The van der Waals surface area contributed by atoms with Gasteiger partial charge in [0.15, 0.2) is 0 Å². The molecule has 28 heavy (non-hydrogen) atoms. The lowest BCUT2D eigenvalue weighted by atomic mass is 9.45. The fourth-order valence-corrected chi connectivity index (χ4v) is 7.86. The molecular formula is C25H40O3. The zero-order valence-corrected chi connectivity index (χ0v) is 18.3. The van der Waals surface area contributed by atoms with Gasteiger partial charge in [-0.05, 0) is 86.9 Å². The molecule has 0 spiro atoms. The number of esters is 1. The van der Waals surface area contributed by atoms with Crippen molar-refractivity contribution < 1.29 is 14.3 Å². The zero-order chi connectivity index (χ0) is 19.9. The van der Waals surface area contributed by atoms with E-state index < -0.39 is 0 Å². The normalized spacial score (nSPS) is 45.1. The highest BCUT2D eigenvalue weighted by Crippen LogP contribution is 2.65. The number of hydrogen-bond donors (Lipinski definition) is 0. The molecular weight excluding hydrogens is 348 g/mol. The second-order valence-electron chi connectivity index (χ2n) is 10.9. The van der Waals surface area contributed by atoms with Crippen LogP contribution in [-0.2, 0) is 14.3 Å². The maximum atomic E-state index is 12.6. The summed E-state index contributed by atoms with van der Waals surface area (Å²) in [5, 5.41) is 0. The van der Waals surface area contributed by atoms with Crippen LogP contribution in [0.1, 0.15) is 104 Å². The second kappa shape index (κ2) is 7.76. The van der Waals surface area contributed by atoms with E-state index in [9.17, 15) is 9.59 Å². The van der Waals surface area contributed by atoms with E-state index >= 15 is 0 Å². The minimum absolute atomic E-state index is 0.0183. The molecule has 4 aliphatic carbocycles. The quantitative estimate of drug-likeness (QED) is 0.423. The molecule has 0 unspecified atom stereocenters. The number of Topliss-reactive ketones (excluding diaryl/α,β-unsaturated/α-hetero) is 1. The van der Waals surface area contributed by atoms with Crippen molar-refractivity contribution in [2.75, 3.05) is 0 Å². The first-order chi connectivity index (χ1) is 13.4. The Labute approximate surface area is 171 Å². The number of carbonyl (C=O) groups excluding carboxylic acids is 2.